The van der Waals surface area contributed by atoms with E-state index in [0.717, 1.165) is 0 Å². The Hall–Kier alpha value is -0.610. The smallest absolute Gasteiger partial charge is 0.238 e. The maximum Gasteiger partial charge on any atom is 0.238 e. The molecule has 1 saturated heterocycles. The molecule has 2 unspecified atom stereocenters. The molecular formula is C10H21N3O. The lowest BCUT2D eigenvalue weighted by Gasteiger charge is -2.30. The summed E-state index contributed by atoms with van der Waals surface area (Å²) in [6, 6.07) is 0.0148. The molecule has 1 rings (SSSR count). The van der Waals surface area contributed by atoms with E-state index >= 15 is 0 Å². The van der Waals surface area contributed by atoms with Crippen LogP contribution in [0.2, 0.25) is 0 Å². The van der Waals surface area contributed by atoms with Crippen LogP contribution in [0, 0.1) is 5.92 Å². The maximum atomic E-state index is 11.6. The van der Waals surface area contributed by atoms with Gasteiger partial charge in [-0.05, 0) is 19.8 Å². The third-order valence-electron chi connectivity index (χ3n) is 2.95. The third-order valence-corrected chi connectivity index (χ3v) is 2.95. The van der Waals surface area contributed by atoms with E-state index in [9.17, 15) is 4.79 Å². The highest BCUT2D eigenvalue weighted by molar-refractivity contribution is 5.79. The Kier molecular flexibility index (Phi) is 3.17. The van der Waals surface area contributed by atoms with E-state index in [1.165, 1.54) is 0 Å². The van der Waals surface area contributed by atoms with E-state index in [2.05, 4.69) is 26.2 Å². The van der Waals surface area contributed by atoms with Gasteiger partial charge in [-0.2, -0.15) is 0 Å². The second-order valence-corrected chi connectivity index (χ2v) is 4.84. The van der Waals surface area contributed by atoms with Gasteiger partial charge >= 0.3 is 0 Å². The lowest BCUT2D eigenvalue weighted by Crippen LogP contribution is -2.50. The van der Waals surface area contributed by atoms with Gasteiger partial charge < -0.3 is 5.73 Å². The topological polar surface area (TPSA) is 58.4 Å². The van der Waals surface area contributed by atoms with Crippen molar-refractivity contribution in [2.45, 2.75) is 45.7 Å². The summed E-state index contributed by atoms with van der Waals surface area (Å²) in [5, 5.41) is 1.66. The number of hydrazine groups is 1. The van der Waals surface area contributed by atoms with Gasteiger partial charge in [0.1, 0.15) is 0 Å². The molecule has 0 aromatic heterocycles. The highest BCUT2D eigenvalue weighted by Crippen LogP contribution is 2.27. The molecule has 4 nitrogen and oxygen atoms in total. The van der Waals surface area contributed by atoms with Gasteiger partial charge in [0, 0.05) is 18.0 Å². The number of nitrogens with zero attached hydrogens (tertiary/aromatic N) is 1. The van der Waals surface area contributed by atoms with Crippen molar-refractivity contribution in [1.29, 1.82) is 0 Å². The second-order valence-electron chi connectivity index (χ2n) is 4.84. The van der Waals surface area contributed by atoms with Crippen molar-refractivity contribution in [2.75, 3.05) is 6.54 Å². The number of carbonyl (C=O) groups is 1. The molecule has 0 saturated carbocycles. The molecule has 0 aliphatic carbocycles. The first-order chi connectivity index (χ1) is 6.35. The predicted molar refractivity (Wildman–Crippen MR) is 56.4 cm³/mol. The molecule has 14 heavy (non-hydrogen) atoms. The summed E-state index contributed by atoms with van der Waals surface area (Å²) in [6.07, 6.45) is 0.567. The maximum absolute atomic E-state index is 11.6. The van der Waals surface area contributed by atoms with Crippen LogP contribution in [0.15, 0.2) is 0 Å². The van der Waals surface area contributed by atoms with Crippen molar-refractivity contribution >= 4 is 5.91 Å². The average molecular weight is 199 g/mol. The van der Waals surface area contributed by atoms with Crippen molar-refractivity contribution < 1.29 is 4.79 Å². The van der Waals surface area contributed by atoms with Gasteiger partial charge in [-0.3, -0.25) is 9.80 Å². The zero-order chi connectivity index (χ0) is 10.9. The SMILES string of the molecule is CC(N)CN1NC(C)(C(C)C)CC1=O. The van der Waals surface area contributed by atoms with Crippen LogP contribution in [0.1, 0.15) is 34.1 Å². The Morgan fingerprint density at radius 2 is 2.14 bits per heavy atom. The first kappa shape index (κ1) is 11.5. The standard InChI is InChI=1S/C10H21N3O/c1-7(2)10(4)5-9(14)13(12-10)6-8(3)11/h7-8,12H,5-6,11H2,1-4H3. The fraction of sp³-hybridized carbons (Fsp3) is 0.900. The van der Waals surface area contributed by atoms with Gasteiger partial charge in [-0.15, -0.1) is 0 Å². The lowest BCUT2D eigenvalue weighted by atomic mass is 9.87. The van der Waals surface area contributed by atoms with Crippen LogP contribution in [-0.2, 0) is 4.79 Å². The molecule has 1 fully saturated rings. The number of hydrogen-bond donors (Lipinski definition) is 2. The Morgan fingerprint density at radius 3 is 2.50 bits per heavy atom. The summed E-state index contributed by atoms with van der Waals surface area (Å²) in [7, 11) is 0. The molecule has 1 aliphatic heterocycles. The molecule has 0 bridgehead atoms. The van der Waals surface area contributed by atoms with Gasteiger partial charge in [0.2, 0.25) is 5.91 Å². The number of carbonyl (C=O) groups excluding carboxylic acids is 1. The number of hydrogen-bond acceptors (Lipinski definition) is 3. The van der Waals surface area contributed by atoms with Crippen LogP contribution in [0.25, 0.3) is 0 Å². The Labute approximate surface area is 85.8 Å². The molecule has 1 aliphatic rings. The van der Waals surface area contributed by atoms with Crippen LogP contribution in [0.3, 0.4) is 0 Å². The third kappa shape index (κ3) is 2.25. The van der Waals surface area contributed by atoms with Gasteiger partial charge in [0.05, 0.1) is 6.54 Å². The number of rotatable bonds is 3. The molecule has 0 aromatic rings. The van der Waals surface area contributed by atoms with Gasteiger partial charge in [0.25, 0.3) is 0 Å². The molecule has 2 atom stereocenters. The van der Waals surface area contributed by atoms with Crippen molar-refractivity contribution in [3.05, 3.63) is 0 Å². The van der Waals surface area contributed by atoms with Crippen LogP contribution in [0.4, 0.5) is 0 Å². The van der Waals surface area contributed by atoms with E-state index in [-0.39, 0.29) is 17.5 Å². The molecule has 0 radical (unpaired) electrons. The summed E-state index contributed by atoms with van der Waals surface area (Å²) in [5.41, 5.74) is 8.81. The molecule has 3 N–H and O–H groups in total. The normalized spacial score (nSPS) is 30.1. The van der Waals surface area contributed by atoms with E-state index in [1.54, 1.807) is 5.01 Å². The van der Waals surface area contributed by atoms with E-state index in [0.29, 0.717) is 18.9 Å². The fourth-order valence-electron chi connectivity index (χ4n) is 1.59. The van der Waals surface area contributed by atoms with Crippen molar-refractivity contribution in [3.8, 4) is 0 Å². The minimum absolute atomic E-state index is 0.0148. The number of amides is 1. The molecule has 1 amide bonds. The second kappa shape index (κ2) is 3.87. The molecular weight excluding hydrogens is 178 g/mol. The molecule has 82 valence electrons. The lowest BCUT2D eigenvalue weighted by molar-refractivity contribution is -0.129. The minimum atomic E-state index is -0.105. The van der Waals surface area contributed by atoms with Crippen LogP contribution >= 0.6 is 0 Å². The highest BCUT2D eigenvalue weighted by Gasteiger charge is 2.41. The van der Waals surface area contributed by atoms with Gasteiger partial charge in [-0.25, -0.2) is 5.43 Å². The molecule has 0 spiro atoms. The highest BCUT2D eigenvalue weighted by atomic mass is 16.2. The Balaban J connectivity index is 2.64. The molecule has 1 heterocycles. The average Bonchev–Trinajstić information content (AvgIpc) is 2.27. The Morgan fingerprint density at radius 1 is 1.57 bits per heavy atom. The van der Waals surface area contributed by atoms with E-state index in [1.807, 2.05) is 6.92 Å². The molecule has 0 aromatic carbocycles. The summed E-state index contributed by atoms with van der Waals surface area (Å²) >= 11 is 0. The monoisotopic (exact) mass is 199 g/mol. The minimum Gasteiger partial charge on any atom is -0.326 e. The first-order valence-corrected chi connectivity index (χ1v) is 5.19. The summed E-state index contributed by atoms with van der Waals surface area (Å²) in [5.74, 6) is 0.586. The van der Waals surface area contributed by atoms with Crippen LogP contribution in [0.5, 0.6) is 0 Å². The van der Waals surface area contributed by atoms with Crippen molar-refractivity contribution in [3.63, 3.8) is 0 Å². The van der Waals surface area contributed by atoms with E-state index < -0.39 is 0 Å². The fourth-order valence-corrected chi connectivity index (χ4v) is 1.59. The van der Waals surface area contributed by atoms with E-state index in [4.69, 9.17) is 5.73 Å². The summed E-state index contributed by atoms with van der Waals surface area (Å²) in [6.45, 7) is 8.81. The molecule has 4 heteroatoms. The summed E-state index contributed by atoms with van der Waals surface area (Å²) in [4.78, 5) is 11.6. The van der Waals surface area contributed by atoms with Crippen LogP contribution < -0.4 is 11.2 Å². The first-order valence-electron chi connectivity index (χ1n) is 5.19. The zero-order valence-electron chi connectivity index (χ0n) is 9.50. The quantitative estimate of drug-likeness (QED) is 0.695. The zero-order valence-corrected chi connectivity index (χ0v) is 9.50. The summed E-state index contributed by atoms with van der Waals surface area (Å²) < 4.78 is 0. The number of nitrogens with one attached hydrogen (secondary N) is 1. The van der Waals surface area contributed by atoms with Crippen LogP contribution in [-0.4, -0.2) is 29.0 Å². The van der Waals surface area contributed by atoms with Gasteiger partial charge in [-0.1, -0.05) is 13.8 Å². The van der Waals surface area contributed by atoms with Gasteiger partial charge in [0.15, 0.2) is 0 Å². The van der Waals surface area contributed by atoms with Crippen molar-refractivity contribution in [2.24, 2.45) is 11.7 Å². The predicted octanol–water partition coefficient (Wildman–Crippen LogP) is 0.485. The number of nitrogens with two attached hydrogens (primary N) is 1. The largest absolute Gasteiger partial charge is 0.326 e. The Bertz CT molecular complexity index is 227. The van der Waals surface area contributed by atoms with Crippen molar-refractivity contribution in [1.82, 2.24) is 10.4 Å².